The van der Waals surface area contributed by atoms with E-state index in [9.17, 15) is 13.2 Å². The zero-order valence-electron chi connectivity index (χ0n) is 10.7. The van der Waals surface area contributed by atoms with Gasteiger partial charge in [-0.25, -0.2) is 9.98 Å². The predicted molar refractivity (Wildman–Crippen MR) is 66.6 cm³/mol. The molecule has 3 N–H and O–H groups in total. The highest BCUT2D eigenvalue weighted by Gasteiger charge is 2.26. The number of halogens is 3. The molecule has 20 heavy (non-hydrogen) atoms. The first-order valence-electron chi connectivity index (χ1n) is 5.98. The van der Waals surface area contributed by atoms with Gasteiger partial charge >= 0.3 is 6.18 Å². The minimum absolute atomic E-state index is 0.161. The topological polar surface area (TPSA) is 88.9 Å². The summed E-state index contributed by atoms with van der Waals surface area (Å²) < 4.78 is 36.0. The van der Waals surface area contributed by atoms with Gasteiger partial charge in [-0.3, -0.25) is 5.32 Å². The Morgan fingerprint density at radius 3 is 2.85 bits per heavy atom. The summed E-state index contributed by atoms with van der Waals surface area (Å²) in [6, 6.07) is 0. The summed E-state index contributed by atoms with van der Waals surface area (Å²) in [5.74, 6) is -0.161. The van der Waals surface area contributed by atoms with Crippen LogP contribution in [0.4, 0.5) is 13.2 Å². The molecule has 0 aliphatic carbocycles. The molecule has 0 unspecified atom stereocenters. The smallest absolute Gasteiger partial charge is 0.356 e. The van der Waals surface area contributed by atoms with Crippen LogP contribution in [0.1, 0.15) is 18.5 Å². The van der Waals surface area contributed by atoms with Gasteiger partial charge in [-0.1, -0.05) is 0 Å². The van der Waals surface area contributed by atoms with Crippen LogP contribution in [0.25, 0.3) is 0 Å². The molecule has 0 aliphatic rings. The fourth-order valence-electron chi connectivity index (χ4n) is 1.43. The number of H-pyrrole nitrogens is 1. The van der Waals surface area contributed by atoms with Crippen LogP contribution in [-0.4, -0.2) is 35.2 Å². The minimum Gasteiger partial charge on any atom is -0.356 e. The molecule has 6 nitrogen and oxygen atoms in total. The van der Waals surface area contributed by atoms with Crippen LogP contribution in [0.15, 0.2) is 17.5 Å². The summed E-state index contributed by atoms with van der Waals surface area (Å²) in [4.78, 5) is 10.1. The minimum atomic E-state index is -4.38. The van der Waals surface area contributed by atoms with Crippen molar-refractivity contribution in [1.82, 2.24) is 20.6 Å². The van der Waals surface area contributed by atoms with Gasteiger partial charge in [0, 0.05) is 18.4 Å². The number of hydrogen-bond acceptors (Lipinski definition) is 3. The molecule has 1 aromatic rings. The average molecular weight is 288 g/mol. The number of aliphatic imine (C=N–C) groups is 1. The number of nitrogens with one attached hydrogen (secondary N) is 3. The van der Waals surface area contributed by atoms with E-state index in [2.05, 4.69) is 25.6 Å². The van der Waals surface area contributed by atoms with E-state index in [1.54, 1.807) is 18.7 Å². The number of nitriles is 1. The molecule has 0 amide bonds. The van der Waals surface area contributed by atoms with Gasteiger partial charge < -0.3 is 10.3 Å². The Labute approximate surface area is 114 Å². The molecule has 0 saturated carbocycles. The third-order valence-corrected chi connectivity index (χ3v) is 2.31. The van der Waals surface area contributed by atoms with Crippen LogP contribution in [-0.2, 0) is 6.42 Å². The first-order chi connectivity index (χ1) is 9.51. The van der Waals surface area contributed by atoms with Crippen molar-refractivity contribution in [3.05, 3.63) is 18.2 Å². The summed E-state index contributed by atoms with van der Waals surface area (Å²) in [7, 11) is 0. The van der Waals surface area contributed by atoms with E-state index in [1.165, 1.54) is 0 Å². The highest BCUT2D eigenvalue weighted by Crippen LogP contribution is 2.14. The van der Waals surface area contributed by atoms with Crippen LogP contribution in [0, 0.1) is 11.5 Å². The molecule has 1 aromatic heterocycles. The molecule has 1 heterocycles. The number of guanidine groups is 1. The van der Waals surface area contributed by atoms with Gasteiger partial charge in [-0.2, -0.15) is 18.4 Å². The van der Waals surface area contributed by atoms with Crippen molar-refractivity contribution in [3.8, 4) is 6.19 Å². The summed E-state index contributed by atoms with van der Waals surface area (Å²) in [6.45, 7) is -0.891. The van der Waals surface area contributed by atoms with Gasteiger partial charge in [-0.15, -0.1) is 0 Å². The predicted octanol–water partition coefficient (Wildman–Crippen LogP) is 1.31. The number of alkyl halides is 3. The zero-order chi connectivity index (χ0) is 14.8. The fraction of sp³-hybridized carbons (Fsp3) is 0.545. The standard InChI is InChI=1S/C11H15F3N6/c12-11(13,14)6-18-10(19-7-15)17-4-2-1-3-9-5-16-8-20-9/h5,8H,1-4,6H2,(H,16,20)(H2,17,18,19). The molecule has 0 bridgehead atoms. The van der Waals surface area contributed by atoms with Crippen LogP contribution in [0.3, 0.4) is 0 Å². The second kappa shape index (κ2) is 8.04. The Hall–Kier alpha value is -2.24. The lowest BCUT2D eigenvalue weighted by Gasteiger charge is -2.08. The highest BCUT2D eigenvalue weighted by molar-refractivity contribution is 5.81. The Balaban J connectivity index is 2.23. The third kappa shape index (κ3) is 7.25. The molecule has 0 atom stereocenters. The number of hydrogen-bond donors (Lipinski definition) is 3. The number of aromatic amines is 1. The summed E-state index contributed by atoms with van der Waals surface area (Å²) in [5, 5.41) is 13.2. The van der Waals surface area contributed by atoms with Crippen molar-refractivity contribution >= 4 is 5.96 Å². The number of rotatable bonds is 6. The summed E-state index contributed by atoms with van der Waals surface area (Å²) >= 11 is 0. The highest BCUT2D eigenvalue weighted by atomic mass is 19.4. The van der Waals surface area contributed by atoms with Crippen LogP contribution in [0.5, 0.6) is 0 Å². The summed E-state index contributed by atoms with van der Waals surface area (Å²) in [6.07, 6.45) is 2.85. The lowest BCUT2D eigenvalue weighted by atomic mass is 10.2. The van der Waals surface area contributed by atoms with E-state index in [0.29, 0.717) is 6.54 Å². The Morgan fingerprint density at radius 1 is 1.45 bits per heavy atom. The van der Waals surface area contributed by atoms with E-state index < -0.39 is 12.7 Å². The monoisotopic (exact) mass is 288 g/mol. The molecule has 9 heteroatoms. The van der Waals surface area contributed by atoms with Crippen LogP contribution in [0.2, 0.25) is 0 Å². The normalized spacial score (nSPS) is 12.0. The first kappa shape index (κ1) is 15.8. The zero-order valence-corrected chi connectivity index (χ0v) is 10.7. The molecular formula is C11H15F3N6. The van der Waals surface area contributed by atoms with Crippen molar-refractivity contribution in [2.75, 3.05) is 13.1 Å². The van der Waals surface area contributed by atoms with Crippen molar-refractivity contribution in [3.63, 3.8) is 0 Å². The number of aryl methyl sites for hydroxylation is 1. The van der Waals surface area contributed by atoms with Gasteiger partial charge in [0.15, 0.2) is 6.19 Å². The van der Waals surface area contributed by atoms with Gasteiger partial charge in [0.1, 0.15) is 6.54 Å². The number of unbranched alkanes of at least 4 members (excludes halogenated alkanes) is 1. The van der Waals surface area contributed by atoms with Gasteiger partial charge in [0.05, 0.1) is 6.33 Å². The average Bonchev–Trinajstić information content (AvgIpc) is 2.87. The molecular weight excluding hydrogens is 273 g/mol. The maximum atomic E-state index is 12.0. The van der Waals surface area contributed by atoms with Gasteiger partial charge in [0.2, 0.25) is 5.96 Å². The fourth-order valence-corrected chi connectivity index (χ4v) is 1.43. The molecule has 110 valence electrons. The quantitative estimate of drug-likeness (QED) is 0.242. The second-order valence-electron chi connectivity index (χ2n) is 3.98. The largest absolute Gasteiger partial charge is 0.408 e. The third-order valence-electron chi connectivity index (χ3n) is 2.31. The van der Waals surface area contributed by atoms with Crippen molar-refractivity contribution < 1.29 is 13.2 Å². The van der Waals surface area contributed by atoms with Gasteiger partial charge in [0.25, 0.3) is 0 Å². The van der Waals surface area contributed by atoms with Crippen molar-refractivity contribution in [2.24, 2.45) is 4.99 Å². The number of nitrogens with zero attached hydrogens (tertiary/aromatic N) is 3. The lowest BCUT2D eigenvalue weighted by molar-refractivity contribution is -0.118. The number of imidazole rings is 1. The van der Waals surface area contributed by atoms with E-state index >= 15 is 0 Å². The molecule has 0 aliphatic heterocycles. The molecule has 0 fully saturated rings. The lowest BCUT2D eigenvalue weighted by Crippen LogP contribution is -2.36. The second-order valence-corrected chi connectivity index (χ2v) is 3.98. The van der Waals surface area contributed by atoms with E-state index in [-0.39, 0.29) is 5.96 Å². The van der Waals surface area contributed by atoms with Crippen LogP contribution < -0.4 is 10.6 Å². The Kier molecular flexibility index (Phi) is 6.36. The summed E-state index contributed by atoms with van der Waals surface area (Å²) in [5.41, 5.74) is 1.01. The molecule has 0 aromatic carbocycles. The Bertz CT molecular complexity index is 446. The van der Waals surface area contributed by atoms with E-state index in [4.69, 9.17) is 5.26 Å². The molecule has 0 spiro atoms. The maximum Gasteiger partial charge on any atom is 0.408 e. The van der Waals surface area contributed by atoms with Crippen LogP contribution >= 0.6 is 0 Å². The maximum absolute atomic E-state index is 12.0. The van der Waals surface area contributed by atoms with Crippen molar-refractivity contribution in [1.29, 1.82) is 5.26 Å². The molecule has 1 rings (SSSR count). The Morgan fingerprint density at radius 2 is 2.25 bits per heavy atom. The number of aromatic nitrogens is 2. The molecule has 0 saturated heterocycles. The van der Waals surface area contributed by atoms with E-state index in [1.807, 2.05) is 0 Å². The van der Waals surface area contributed by atoms with Gasteiger partial charge in [-0.05, 0) is 19.3 Å². The molecule has 0 radical (unpaired) electrons. The first-order valence-corrected chi connectivity index (χ1v) is 5.98. The van der Waals surface area contributed by atoms with E-state index in [0.717, 1.165) is 25.0 Å². The van der Waals surface area contributed by atoms with Crippen molar-refractivity contribution in [2.45, 2.75) is 25.4 Å². The SMILES string of the molecule is N#CNC(=NCC(F)(F)F)NCCCCc1cnc[nH]1.